The van der Waals surface area contributed by atoms with Crippen LogP contribution in [0.15, 0.2) is 59.4 Å². The zero-order valence-corrected chi connectivity index (χ0v) is 21.9. The Morgan fingerprint density at radius 3 is 2.29 bits per heavy atom. The number of aryl methyl sites for hydroxylation is 1. The van der Waals surface area contributed by atoms with Crippen LogP contribution in [0, 0.1) is 6.92 Å². The lowest BCUT2D eigenvalue weighted by Gasteiger charge is -2.14. The third kappa shape index (κ3) is 5.25. The summed E-state index contributed by atoms with van der Waals surface area (Å²) in [6.07, 6.45) is 0. The highest BCUT2D eigenvalue weighted by atomic mass is 35.5. The molecular weight excluding hydrogens is 512 g/mol. The van der Waals surface area contributed by atoms with Crippen molar-refractivity contribution in [2.24, 2.45) is 0 Å². The second kappa shape index (κ2) is 11.2. The molecule has 4 aromatic rings. The molecular formula is C27H25ClN4O6. The van der Waals surface area contributed by atoms with Crippen molar-refractivity contribution in [3.63, 3.8) is 0 Å². The number of rotatable bonds is 8. The van der Waals surface area contributed by atoms with E-state index in [2.05, 4.69) is 15.7 Å². The predicted molar refractivity (Wildman–Crippen MR) is 144 cm³/mol. The van der Waals surface area contributed by atoms with Gasteiger partial charge in [0, 0.05) is 22.5 Å². The standard InChI is InChI=1S/C27H25ClN4O6/c1-15-11-20(22(37-3)13-19(15)28)30-24(33)14-29-26(34)25-17-7-5-6-8-18(17)27(35)32(31-25)16-9-10-21(36-2)23(12-16)38-4/h5-13H,14H2,1-4H3,(H,29,34)(H,30,33). The van der Waals surface area contributed by atoms with Gasteiger partial charge in [-0.05, 0) is 36.8 Å². The molecule has 0 saturated heterocycles. The fourth-order valence-electron chi connectivity index (χ4n) is 3.86. The number of halogens is 1. The van der Waals surface area contributed by atoms with Crippen molar-refractivity contribution >= 4 is 39.9 Å². The molecule has 3 aromatic carbocycles. The van der Waals surface area contributed by atoms with E-state index < -0.39 is 17.4 Å². The van der Waals surface area contributed by atoms with Gasteiger partial charge in [0.15, 0.2) is 17.2 Å². The van der Waals surface area contributed by atoms with E-state index in [1.807, 2.05) is 0 Å². The minimum absolute atomic E-state index is 0.0253. The van der Waals surface area contributed by atoms with E-state index in [4.69, 9.17) is 25.8 Å². The van der Waals surface area contributed by atoms with E-state index >= 15 is 0 Å². The topological polar surface area (TPSA) is 121 Å². The van der Waals surface area contributed by atoms with Gasteiger partial charge in [0.25, 0.3) is 11.5 Å². The number of carbonyl (C=O) groups is 2. The Kier molecular flexibility index (Phi) is 7.82. The molecule has 0 fully saturated rings. The maximum absolute atomic E-state index is 13.3. The van der Waals surface area contributed by atoms with Gasteiger partial charge < -0.3 is 24.8 Å². The normalized spacial score (nSPS) is 10.7. The predicted octanol–water partition coefficient (Wildman–Crippen LogP) is 3.74. The van der Waals surface area contributed by atoms with Gasteiger partial charge in [-0.15, -0.1) is 0 Å². The van der Waals surface area contributed by atoms with Gasteiger partial charge in [-0.3, -0.25) is 14.4 Å². The molecule has 2 amide bonds. The van der Waals surface area contributed by atoms with Gasteiger partial charge in [0.05, 0.1) is 44.6 Å². The Bertz CT molecular complexity index is 1600. The fourth-order valence-corrected chi connectivity index (χ4v) is 4.01. The van der Waals surface area contributed by atoms with Crippen LogP contribution in [0.3, 0.4) is 0 Å². The van der Waals surface area contributed by atoms with Crippen molar-refractivity contribution in [2.75, 3.05) is 33.2 Å². The molecule has 0 aliphatic carbocycles. The third-order valence-corrected chi connectivity index (χ3v) is 6.20. The van der Waals surface area contributed by atoms with Crippen LogP contribution in [-0.2, 0) is 4.79 Å². The second-order valence-corrected chi connectivity index (χ2v) is 8.59. The summed E-state index contributed by atoms with van der Waals surface area (Å²) >= 11 is 6.13. The summed E-state index contributed by atoms with van der Waals surface area (Å²) in [4.78, 5) is 39.1. The Morgan fingerprint density at radius 1 is 0.921 bits per heavy atom. The van der Waals surface area contributed by atoms with E-state index in [1.165, 1.54) is 21.3 Å². The average molecular weight is 537 g/mol. The highest BCUT2D eigenvalue weighted by Crippen LogP contribution is 2.31. The van der Waals surface area contributed by atoms with Crippen LogP contribution in [0.25, 0.3) is 16.5 Å². The minimum atomic E-state index is -0.634. The summed E-state index contributed by atoms with van der Waals surface area (Å²) in [5.41, 5.74) is 1.09. The molecule has 10 nitrogen and oxygen atoms in total. The van der Waals surface area contributed by atoms with Gasteiger partial charge >= 0.3 is 0 Å². The molecule has 2 N–H and O–H groups in total. The number of fused-ring (bicyclic) bond motifs is 1. The number of hydrogen-bond donors (Lipinski definition) is 2. The molecule has 11 heteroatoms. The number of amides is 2. The summed E-state index contributed by atoms with van der Waals surface area (Å²) in [7, 11) is 4.44. The molecule has 0 saturated carbocycles. The number of methoxy groups -OCH3 is 3. The summed E-state index contributed by atoms with van der Waals surface area (Å²) in [6, 6.07) is 14.7. The lowest BCUT2D eigenvalue weighted by Crippen LogP contribution is -2.35. The van der Waals surface area contributed by atoms with Crippen molar-refractivity contribution in [2.45, 2.75) is 6.92 Å². The first kappa shape index (κ1) is 26.5. The number of ether oxygens (including phenoxy) is 3. The Hall–Kier alpha value is -4.57. The Morgan fingerprint density at radius 2 is 1.61 bits per heavy atom. The number of aromatic nitrogens is 2. The quantitative estimate of drug-likeness (QED) is 0.352. The van der Waals surface area contributed by atoms with Crippen LogP contribution in [0.4, 0.5) is 5.69 Å². The van der Waals surface area contributed by atoms with Crippen LogP contribution in [0.1, 0.15) is 16.1 Å². The van der Waals surface area contributed by atoms with Crippen LogP contribution in [0.5, 0.6) is 17.2 Å². The van der Waals surface area contributed by atoms with E-state index in [0.29, 0.717) is 39.0 Å². The van der Waals surface area contributed by atoms with Crippen molar-refractivity contribution < 1.29 is 23.8 Å². The summed E-state index contributed by atoms with van der Waals surface area (Å²) in [5, 5.41) is 10.7. The maximum Gasteiger partial charge on any atom is 0.279 e. The van der Waals surface area contributed by atoms with Crippen LogP contribution >= 0.6 is 11.6 Å². The largest absolute Gasteiger partial charge is 0.495 e. The van der Waals surface area contributed by atoms with E-state index in [-0.39, 0.29) is 17.6 Å². The SMILES string of the molecule is COc1cc(Cl)c(C)cc1NC(=O)CNC(=O)c1nn(-c2ccc(OC)c(OC)c2)c(=O)c2ccccc12. The second-order valence-electron chi connectivity index (χ2n) is 8.18. The first-order chi connectivity index (χ1) is 18.3. The van der Waals surface area contributed by atoms with Gasteiger partial charge in [-0.2, -0.15) is 9.78 Å². The lowest BCUT2D eigenvalue weighted by atomic mass is 10.1. The number of nitrogens with one attached hydrogen (secondary N) is 2. The highest BCUT2D eigenvalue weighted by Gasteiger charge is 2.19. The molecule has 196 valence electrons. The maximum atomic E-state index is 13.3. The van der Waals surface area contributed by atoms with Crippen molar-refractivity contribution in [1.82, 2.24) is 15.1 Å². The molecule has 0 radical (unpaired) electrons. The molecule has 0 atom stereocenters. The summed E-state index contributed by atoms with van der Waals surface area (Å²) in [6.45, 7) is 1.44. The summed E-state index contributed by atoms with van der Waals surface area (Å²) in [5.74, 6) is 0.125. The third-order valence-electron chi connectivity index (χ3n) is 5.80. The van der Waals surface area contributed by atoms with E-state index in [9.17, 15) is 14.4 Å². The number of nitrogens with zero attached hydrogens (tertiary/aromatic N) is 2. The van der Waals surface area contributed by atoms with Gasteiger partial charge in [0.2, 0.25) is 5.91 Å². The monoisotopic (exact) mass is 536 g/mol. The first-order valence-corrected chi connectivity index (χ1v) is 11.8. The molecule has 1 heterocycles. The lowest BCUT2D eigenvalue weighted by molar-refractivity contribution is -0.115. The average Bonchev–Trinajstić information content (AvgIpc) is 2.93. The summed E-state index contributed by atoms with van der Waals surface area (Å²) < 4.78 is 17.0. The Labute approximate surface area is 223 Å². The molecule has 4 rings (SSSR count). The molecule has 1 aromatic heterocycles. The minimum Gasteiger partial charge on any atom is -0.495 e. The molecule has 0 spiro atoms. The van der Waals surface area contributed by atoms with E-state index in [0.717, 1.165) is 10.2 Å². The fraction of sp³-hybridized carbons (Fsp3) is 0.185. The van der Waals surface area contributed by atoms with Crippen molar-refractivity contribution in [1.29, 1.82) is 0 Å². The van der Waals surface area contributed by atoms with Crippen LogP contribution in [0.2, 0.25) is 5.02 Å². The number of anilines is 1. The highest BCUT2D eigenvalue weighted by molar-refractivity contribution is 6.31. The smallest absolute Gasteiger partial charge is 0.279 e. The van der Waals surface area contributed by atoms with Gasteiger partial charge in [0.1, 0.15) is 5.75 Å². The molecule has 0 bridgehead atoms. The zero-order valence-electron chi connectivity index (χ0n) is 21.1. The first-order valence-electron chi connectivity index (χ1n) is 11.4. The number of carbonyl (C=O) groups excluding carboxylic acids is 2. The van der Waals surface area contributed by atoms with Gasteiger partial charge in [-0.25, -0.2) is 0 Å². The van der Waals surface area contributed by atoms with Crippen LogP contribution in [-0.4, -0.2) is 49.5 Å². The number of hydrogen-bond acceptors (Lipinski definition) is 7. The molecule has 0 aliphatic heterocycles. The molecule has 0 unspecified atom stereocenters. The zero-order chi connectivity index (χ0) is 27.4. The van der Waals surface area contributed by atoms with Crippen molar-refractivity contribution in [3.05, 3.63) is 81.2 Å². The number of benzene rings is 3. The van der Waals surface area contributed by atoms with Gasteiger partial charge in [-0.1, -0.05) is 29.8 Å². The molecule has 0 aliphatic rings. The molecule has 38 heavy (non-hydrogen) atoms. The van der Waals surface area contributed by atoms with Crippen molar-refractivity contribution in [3.8, 4) is 22.9 Å². The Balaban J connectivity index is 1.64. The van der Waals surface area contributed by atoms with E-state index in [1.54, 1.807) is 61.5 Å². The van der Waals surface area contributed by atoms with Crippen LogP contribution < -0.4 is 30.4 Å².